The first kappa shape index (κ1) is 16.5. The number of carbonyl (C=O) groups is 1. The number of hydrogen-bond donors (Lipinski definition) is 3. The maximum absolute atomic E-state index is 11.9. The molecule has 1 aromatic heterocycles. The quantitative estimate of drug-likeness (QED) is 0.734. The van der Waals surface area contributed by atoms with E-state index in [9.17, 15) is 4.79 Å². The van der Waals surface area contributed by atoms with Gasteiger partial charge in [0.2, 0.25) is 0 Å². The molecule has 2 amide bonds. The molecule has 5 heteroatoms. The number of nitrogens with one attached hydrogen (secondary N) is 2. The number of hydrogen-bond acceptors (Lipinski definition) is 3. The van der Waals surface area contributed by atoms with E-state index in [1.165, 1.54) is 11.1 Å². The number of thiophene rings is 1. The fourth-order valence-electron chi connectivity index (χ4n) is 2.30. The van der Waals surface area contributed by atoms with Crippen LogP contribution in [0.5, 0.6) is 0 Å². The van der Waals surface area contributed by atoms with E-state index in [0.717, 1.165) is 12.8 Å². The summed E-state index contributed by atoms with van der Waals surface area (Å²) in [7, 11) is 0. The minimum absolute atomic E-state index is 0.0830. The Kier molecular flexibility index (Phi) is 6.43. The highest BCUT2D eigenvalue weighted by Crippen LogP contribution is 2.08. The summed E-state index contributed by atoms with van der Waals surface area (Å²) < 4.78 is 0. The topological polar surface area (TPSA) is 67.2 Å². The molecule has 0 bridgehead atoms. The van der Waals surface area contributed by atoms with Crippen LogP contribution < -0.4 is 16.4 Å². The molecule has 2 atom stereocenters. The van der Waals surface area contributed by atoms with E-state index in [4.69, 9.17) is 5.73 Å². The lowest BCUT2D eigenvalue weighted by atomic mass is 10.1. The van der Waals surface area contributed by atoms with Crippen LogP contribution in [-0.2, 0) is 12.8 Å². The molecule has 0 fully saturated rings. The molecule has 4 N–H and O–H groups in total. The highest BCUT2D eigenvalue weighted by Gasteiger charge is 2.10. The van der Waals surface area contributed by atoms with Gasteiger partial charge in [-0.3, -0.25) is 0 Å². The molecule has 1 aromatic carbocycles. The predicted molar refractivity (Wildman–Crippen MR) is 92.1 cm³/mol. The van der Waals surface area contributed by atoms with Crippen molar-refractivity contribution in [1.29, 1.82) is 0 Å². The van der Waals surface area contributed by atoms with Gasteiger partial charge in [-0.2, -0.15) is 11.3 Å². The fraction of sp³-hybridized carbons (Fsp3) is 0.353. The van der Waals surface area contributed by atoms with Gasteiger partial charge in [0.05, 0.1) is 0 Å². The van der Waals surface area contributed by atoms with E-state index in [-0.39, 0.29) is 18.1 Å². The van der Waals surface area contributed by atoms with Gasteiger partial charge in [0, 0.05) is 18.6 Å². The summed E-state index contributed by atoms with van der Waals surface area (Å²) >= 11 is 1.67. The van der Waals surface area contributed by atoms with Crippen LogP contribution in [0.3, 0.4) is 0 Å². The van der Waals surface area contributed by atoms with Crippen LogP contribution in [-0.4, -0.2) is 24.7 Å². The molecular formula is C17H23N3OS. The largest absolute Gasteiger partial charge is 0.337 e. The molecule has 4 nitrogen and oxygen atoms in total. The van der Waals surface area contributed by atoms with E-state index >= 15 is 0 Å². The number of rotatable bonds is 7. The maximum Gasteiger partial charge on any atom is 0.315 e. The summed E-state index contributed by atoms with van der Waals surface area (Å²) in [6.45, 7) is 2.47. The molecule has 2 rings (SSSR count). The first-order chi connectivity index (χ1) is 10.6. The molecule has 1 heterocycles. The van der Waals surface area contributed by atoms with E-state index < -0.39 is 0 Å². The minimum atomic E-state index is -0.161. The first-order valence-corrected chi connectivity index (χ1v) is 8.42. The predicted octanol–water partition coefficient (Wildman–Crippen LogP) is 2.55. The zero-order valence-corrected chi connectivity index (χ0v) is 13.6. The third-order valence-electron chi connectivity index (χ3n) is 3.37. The lowest BCUT2D eigenvalue weighted by molar-refractivity contribution is 0.237. The Balaban J connectivity index is 1.66. The number of nitrogens with two attached hydrogens (primary N) is 1. The molecule has 0 aliphatic carbocycles. The number of carbonyl (C=O) groups excluding carboxylic acids is 1. The standard InChI is InChI=1S/C17H23N3OS/c1-13(9-15-7-8-22-12-15)20-17(21)19-11-16(18)10-14-5-3-2-4-6-14/h2-8,12-13,16H,9-11,18H2,1H3,(H2,19,20,21). The van der Waals surface area contributed by atoms with Gasteiger partial charge in [-0.15, -0.1) is 0 Å². The molecule has 0 saturated heterocycles. The van der Waals surface area contributed by atoms with Crippen molar-refractivity contribution in [3.8, 4) is 0 Å². The van der Waals surface area contributed by atoms with Crippen molar-refractivity contribution < 1.29 is 4.79 Å². The van der Waals surface area contributed by atoms with Crippen LogP contribution in [0.4, 0.5) is 4.79 Å². The molecule has 0 aliphatic rings. The lowest BCUT2D eigenvalue weighted by Gasteiger charge is -2.16. The second-order valence-electron chi connectivity index (χ2n) is 5.54. The fourth-order valence-corrected chi connectivity index (χ4v) is 2.98. The first-order valence-electron chi connectivity index (χ1n) is 7.48. The average Bonchev–Trinajstić information content (AvgIpc) is 2.99. The zero-order valence-electron chi connectivity index (χ0n) is 12.8. The Morgan fingerprint density at radius 1 is 1.18 bits per heavy atom. The van der Waals surface area contributed by atoms with Gasteiger partial charge < -0.3 is 16.4 Å². The summed E-state index contributed by atoms with van der Waals surface area (Å²) in [5.41, 5.74) is 8.49. The van der Waals surface area contributed by atoms with Gasteiger partial charge in [-0.05, 0) is 47.7 Å². The minimum Gasteiger partial charge on any atom is -0.337 e. The molecular weight excluding hydrogens is 294 g/mol. The molecule has 118 valence electrons. The Morgan fingerprint density at radius 3 is 2.64 bits per heavy atom. The van der Waals surface area contributed by atoms with Crippen molar-refractivity contribution in [2.45, 2.75) is 31.8 Å². The average molecular weight is 317 g/mol. The van der Waals surface area contributed by atoms with Gasteiger partial charge in [0.1, 0.15) is 0 Å². The Bertz CT molecular complexity index is 557. The maximum atomic E-state index is 11.9. The molecule has 2 aromatic rings. The van der Waals surface area contributed by atoms with Crippen LogP contribution in [0.1, 0.15) is 18.1 Å². The van der Waals surface area contributed by atoms with E-state index in [0.29, 0.717) is 6.54 Å². The monoisotopic (exact) mass is 317 g/mol. The van der Waals surface area contributed by atoms with Crippen molar-refractivity contribution in [3.63, 3.8) is 0 Å². The Morgan fingerprint density at radius 2 is 1.95 bits per heavy atom. The van der Waals surface area contributed by atoms with Crippen molar-refractivity contribution in [1.82, 2.24) is 10.6 Å². The SMILES string of the molecule is CC(Cc1ccsc1)NC(=O)NCC(N)Cc1ccccc1. The zero-order chi connectivity index (χ0) is 15.8. The summed E-state index contributed by atoms with van der Waals surface area (Å²) in [4.78, 5) is 11.9. The number of amides is 2. The van der Waals surface area contributed by atoms with Gasteiger partial charge in [-0.1, -0.05) is 30.3 Å². The van der Waals surface area contributed by atoms with Crippen molar-refractivity contribution in [2.75, 3.05) is 6.54 Å². The third kappa shape index (κ3) is 5.87. The number of benzene rings is 1. The van der Waals surface area contributed by atoms with Crippen molar-refractivity contribution >= 4 is 17.4 Å². The van der Waals surface area contributed by atoms with Crippen molar-refractivity contribution in [2.24, 2.45) is 5.73 Å². The highest BCUT2D eigenvalue weighted by molar-refractivity contribution is 7.07. The van der Waals surface area contributed by atoms with Gasteiger partial charge >= 0.3 is 6.03 Å². The van der Waals surface area contributed by atoms with Crippen LogP contribution in [0.15, 0.2) is 47.2 Å². The lowest BCUT2D eigenvalue weighted by Crippen LogP contribution is -2.46. The van der Waals surface area contributed by atoms with E-state index in [1.807, 2.05) is 42.6 Å². The summed E-state index contributed by atoms with van der Waals surface area (Å²) in [6, 6.07) is 12.0. The molecule has 22 heavy (non-hydrogen) atoms. The van der Waals surface area contributed by atoms with E-state index in [2.05, 4.69) is 22.1 Å². The third-order valence-corrected chi connectivity index (χ3v) is 4.10. The second-order valence-corrected chi connectivity index (χ2v) is 6.32. The normalized spacial score (nSPS) is 13.4. The van der Waals surface area contributed by atoms with Gasteiger partial charge in [-0.25, -0.2) is 4.79 Å². The second kappa shape index (κ2) is 8.56. The highest BCUT2D eigenvalue weighted by atomic mass is 32.1. The number of urea groups is 1. The Labute approximate surface area is 135 Å². The van der Waals surface area contributed by atoms with Crippen LogP contribution >= 0.6 is 11.3 Å². The van der Waals surface area contributed by atoms with Crippen LogP contribution in [0.2, 0.25) is 0 Å². The smallest absolute Gasteiger partial charge is 0.315 e. The summed E-state index contributed by atoms with van der Waals surface area (Å²) in [6.07, 6.45) is 1.60. The molecule has 0 radical (unpaired) electrons. The van der Waals surface area contributed by atoms with Crippen LogP contribution in [0, 0.1) is 0 Å². The molecule has 0 saturated carbocycles. The summed E-state index contributed by atoms with van der Waals surface area (Å²) in [5, 5.41) is 9.93. The van der Waals surface area contributed by atoms with E-state index in [1.54, 1.807) is 11.3 Å². The van der Waals surface area contributed by atoms with Gasteiger partial charge in [0.25, 0.3) is 0 Å². The Hall–Kier alpha value is -1.85. The molecule has 0 aliphatic heterocycles. The molecule has 2 unspecified atom stereocenters. The summed E-state index contributed by atoms with van der Waals surface area (Å²) in [5.74, 6) is 0. The van der Waals surface area contributed by atoms with Gasteiger partial charge in [0.15, 0.2) is 0 Å². The molecule has 0 spiro atoms. The van der Waals surface area contributed by atoms with Crippen LogP contribution in [0.25, 0.3) is 0 Å². The van der Waals surface area contributed by atoms with Crippen molar-refractivity contribution in [3.05, 3.63) is 58.3 Å².